The number of carboxylic acid groups (broad SMARTS) is 1. The van der Waals surface area contributed by atoms with Crippen LogP contribution in [0.2, 0.25) is 0 Å². The first-order chi connectivity index (χ1) is 15.1. The quantitative estimate of drug-likeness (QED) is 0.365. The molecular weight excluding hydrogens is 416 g/mol. The van der Waals surface area contributed by atoms with Gasteiger partial charge in [-0.2, -0.15) is 9.97 Å². The Morgan fingerprint density at radius 3 is 2.81 bits per heavy atom. The Morgan fingerprint density at radius 1 is 1.16 bits per heavy atom. The van der Waals surface area contributed by atoms with E-state index in [0.29, 0.717) is 19.5 Å². The summed E-state index contributed by atoms with van der Waals surface area (Å²) in [6.45, 7) is 0.854. The molecule has 4 rings (SSSR count). The third-order valence-electron chi connectivity index (χ3n) is 4.55. The molecule has 10 heteroatoms. The Kier molecular flexibility index (Phi) is 6.18. The molecule has 158 valence electrons. The van der Waals surface area contributed by atoms with E-state index in [1.165, 1.54) is 11.3 Å². The zero-order valence-electron chi connectivity index (χ0n) is 16.5. The number of carboxylic acids is 1. The van der Waals surface area contributed by atoms with Crippen LogP contribution in [0.1, 0.15) is 18.4 Å². The summed E-state index contributed by atoms with van der Waals surface area (Å²) in [6.07, 6.45) is 0.428. The van der Waals surface area contributed by atoms with Crippen molar-refractivity contribution in [3.63, 3.8) is 0 Å². The number of aliphatic carboxylic acids is 1. The van der Waals surface area contributed by atoms with E-state index in [1.54, 1.807) is 5.51 Å². The topological polar surface area (TPSA) is 124 Å². The second kappa shape index (κ2) is 9.35. The van der Waals surface area contributed by atoms with Gasteiger partial charge in [-0.25, -0.2) is 9.78 Å². The number of H-pyrrole nitrogens is 1. The minimum absolute atomic E-state index is 0.0223. The van der Waals surface area contributed by atoms with Crippen LogP contribution >= 0.6 is 11.3 Å². The Balaban J connectivity index is 1.59. The van der Waals surface area contributed by atoms with Crippen LogP contribution in [0.15, 0.2) is 58.8 Å². The summed E-state index contributed by atoms with van der Waals surface area (Å²) in [5.74, 6) is -0.373. The summed E-state index contributed by atoms with van der Waals surface area (Å²) < 4.78 is 1.01. The normalized spacial score (nSPS) is 10.8. The van der Waals surface area contributed by atoms with E-state index in [2.05, 4.69) is 25.3 Å². The lowest BCUT2D eigenvalue weighted by molar-refractivity contribution is -0.137. The Hall–Kier alpha value is -3.79. The van der Waals surface area contributed by atoms with Crippen LogP contribution in [0.3, 0.4) is 0 Å². The standard InChI is InChI=1S/C21H20N6O3S/c28-18(29)7-4-10-27(12-14-5-2-1-3-6-14)20-24-19(25-21(30)26-20)23-15-8-9-16-17(11-15)31-13-22-16/h1-3,5-6,8-9,11,13H,4,7,10,12H2,(H,28,29)(H2,23,24,25,26,30). The number of aromatic amines is 1. The van der Waals surface area contributed by atoms with Gasteiger partial charge in [0.2, 0.25) is 11.9 Å². The smallest absolute Gasteiger partial charge is 0.351 e. The van der Waals surface area contributed by atoms with Gasteiger partial charge in [0, 0.05) is 25.2 Å². The van der Waals surface area contributed by atoms with Crippen molar-refractivity contribution in [3.05, 3.63) is 70.1 Å². The van der Waals surface area contributed by atoms with Gasteiger partial charge in [0.1, 0.15) is 0 Å². The largest absolute Gasteiger partial charge is 0.481 e. The van der Waals surface area contributed by atoms with Crippen molar-refractivity contribution < 1.29 is 9.90 Å². The number of carbonyl (C=O) groups is 1. The minimum atomic E-state index is -0.868. The van der Waals surface area contributed by atoms with Crippen molar-refractivity contribution in [3.8, 4) is 0 Å². The molecule has 9 nitrogen and oxygen atoms in total. The van der Waals surface area contributed by atoms with Gasteiger partial charge in [-0.3, -0.25) is 9.78 Å². The number of rotatable bonds is 9. The van der Waals surface area contributed by atoms with Crippen molar-refractivity contribution in [1.82, 2.24) is 19.9 Å². The van der Waals surface area contributed by atoms with Crippen LogP contribution in [0, 0.1) is 0 Å². The zero-order chi connectivity index (χ0) is 21.6. The molecule has 2 heterocycles. The third-order valence-corrected chi connectivity index (χ3v) is 5.34. The van der Waals surface area contributed by atoms with Gasteiger partial charge in [0.25, 0.3) is 0 Å². The van der Waals surface area contributed by atoms with E-state index in [4.69, 9.17) is 5.11 Å². The molecule has 31 heavy (non-hydrogen) atoms. The van der Waals surface area contributed by atoms with Crippen molar-refractivity contribution in [1.29, 1.82) is 0 Å². The van der Waals surface area contributed by atoms with E-state index >= 15 is 0 Å². The average Bonchev–Trinajstić information content (AvgIpc) is 3.21. The van der Waals surface area contributed by atoms with Crippen molar-refractivity contribution in [2.45, 2.75) is 19.4 Å². The molecule has 2 aromatic carbocycles. The van der Waals surface area contributed by atoms with Crippen LogP contribution in [0.25, 0.3) is 10.2 Å². The third kappa shape index (κ3) is 5.43. The maximum absolute atomic E-state index is 12.2. The van der Waals surface area contributed by atoms with E-state index < -0.39 is 11.7 Å². The predicted octanol–water partition coefficient (Wildman–Crippen LogP) is 3.39. The second-order valence-corrected chi connectivity index (χ2v) is 7.75. The van der Waals surface area contributed by atoms with Gasteiger partial charge in [-0.1, -0.05) is 30.3 Å². The molecule has 3 N–H and O–H groups in total. The second-order valence-electron chi connectivity index (χ2n) is 6.87. The summed E-state index contributed by atoms with van der Waals surface area (Å²) in [4.78, 5) is 40.4. The Labute approximate surface area is 181 Å². The molecule has 0 bridgehead atoms. The number of aromatic nitrogens is 4. The highest BCUT2D eigenvalue weighted by Gasteiger charge is 2.14. The summed E-state index contributed by atoms with van der Waals surface area (Å²) in [5, 5.41) is 12.1. The lowest BCUT2D eigenvalue weighted by atomic mass is 10.2. The number of nitrogens with zero attached hydrogens (tertiary/aromatic N) is 4. The highest BCUT2D eigenvalue weighted by Crippen LogP contribution is 2.23. The van der Waals surface area contributed by atoms with Gasteiger partial charge in [0.15, 0.2) is 0 Å². The minimum Gasteiger partial charge on any atom is -0.481 e. The predicted molar refractivity (Wildman–Crippen MR) is 120 cm³/mol. The monoisotopic (exact) mass is 436 g/mol. The van der Waals surface area contributed by atoms with Crippen LogP contribution in [-0.2, 0) is 11.3 Å². The number of nitrogens with one attached hydrogen (secondary N) is 2. The summed E-state index contributed by atoms with van der Waals surface area (Å²) >= 11 is 1.52. The molecule has 0 fully saturated rings. The SMILES string of the molecule is O=C(O)CCCN(Cc1ccccc1)c1nc(Nc2ccc3ncsc3c2)[nH]c(=O)n1. The molecule has 0 aliphatic rings. The first-order valence-corrected chi connectivity index (χ1v) is 10.5. The van der Waals surface area contributed by atoms with Crippen LogP contribution < -0.4 is 15.9 Å². The van der Waals surface area contributed by atoms with Crippen LogP contribution in [-0.4, -0.2) is 37.6 Å². The molecule has 0 radical (unpaired) electrons. The first-order valence-electron chi connectivity index (χ1n) is 9.66. The first kappa shape index (κ1) is 20.5. The molecule has 0 amide bonds. The molecule has 0 atom stereocenters. The molecule has 0 unspecified atom stereocenters. The lowest BCUT2D eigenvalue weighted by Gasteiger charge is -2.22. The maximum Gasteiger partial charge on any atom is 0.351 e. The molecule has 0 saturated carbocycles. The Bertz CT molecular complexity index is 1240. The highest BCUT2D eigenvalue weighted by atomic mass is 32.1. The van der Waals surface area contributed by atoms with Crippen LogP contribution in [0.5, 0.6) is 0 Å². The fraction of sp³-hybridized carbons (Fsp3) is 0.190. The lowest BCUT2D eigenvalue weighted by Crippen LogP contribution is -2.29. The number of benzene rings is 2. The van der Waals surface area contributed by atoms with Crippen molar-refractivity contribution in [2.24, 2.45) is 0 Å². The van der Waals surface area contributed by atoms with E-state index in [0.717, 1.165) is 21.5 Å². The molecule has 0 saturated heterocycles. The molecule has 0 aliphatic heterocycles. The summed E-state index contributed by atoms with van der Waals surface area (Å²) in [7, 11) is 0. The van der Waals surface area contributed by atoms with Gasteiger partial charge in [0.05, 0.1) is 15.7 Å². The van der Waals surface area contributed by atoms with Crippen LogP contribution in [0.4, 0.5) is 17.6 Å². The van der Waals surface area contributed by atoms with E-state index in [-0.39, 0.29) is 18.3 Å². The average molecular weight is 436 g/mol. The Morgan fingerprint density at radius 2 is 2.00 bits per heavy atom. The number of thiazole rings is 1. The fourth-order valence-corrected chi connectivity index (χ4v) is 3.83. The number of fused-ring (bicyclic) bond motifs is 1. The van der Waals surface area contributed by atoms with Gasteiger partial charge in [-0.05, 0) is 30.2 Å². The van der Waals surface area contributed by atoms with Gasteiger partial charge < -0.3 is 15.3 Å². The molecule has 0 spiro atoms. The van der Waals surface area contributed by atoms with E-state index in [1.807, 2.05) is 53.4 Å². The van der Waals surface area contributed by atoms with Crippen molar-refractivity contribution in [2.75, 3.05) is 16.8 Å². The summed E-state index contributed by atoms with van der Waals surface area (Å²) in [6, 6.07) is 15.4. The number of hydrogen-bond donors (Lipinski definition) is 3. The van der Waals surface area contributed by atoms with Crippen molar-refractivity contribution >= 4 is 45.1 Å². The zero-order valence-corrected chi connectivity index (χ0v) is 17.3. The van der Waals surface area contributed by atoms with Gasteiger partial charge in [-0.15, -0.1) is 11.3 Å². The molecule has 2 aromatic heterocycles. The molecular formula is C21H20N6O3S. The van der Waals surface area contributed by atoms with E-state index in [9.17, 15) is 9.59 Å². The maximum atomic E-state index is 12.2. The fourth-order valence-electron chi connectivity index (χ4n) is 3.12. The molecule has 4 aromatic rings. The molecule has 0 aliphatic carbocycles. The number of anilines is 3. The number of hydrogen-bond acceptors (Lipinski definition) is 8. The van der Waals surface area contributed by atoms with Gasteiger partial charge >= 0.3 is 11.7 Å². The highest BCUT2D eigenvalue weighted by molar-refractivity contribution is 7.16. The summed E-state index contributed by atoms with van der Waals surface area (Å²) in [5.41, 5.74) is 3.91.